The molecule has 0 bridgehead atoms. The summed E-state index contributed by atoms with van der Waals surface area (Å²) >= 11 is 1.39. The molecule has 3 rings (SSSR count). The summed E-state index contributed by atoms with van der Waals surface area (Å²) in [7, 11) is 0. The Hall–Kier alpha value is -2.39. The Morgan fingerprint density at radius 1 is 1.00 bits per heavy atom. The SMILES string of the molecule is CC(=O)OC[C@H]1O[C@@H]2SC(c3ccccc3)=N[C@@H]2[C@@H](OC(C)=O)[C@@H]1OC(C)=O. The zero-order valence-corrected chi connectivity index (χ0v) is 16.5. The Balaban J connectivity index is 1.91. The Bertz CT molecular complexity index is 782. The topological polar surface area (TPSA) is 100 Å². The molecule has 150 valence electrons. The fourth-order valence-electron chi connectivity index (χ4n) is 3.12. The molecule has 0 spiro atoms. The molecule has 8 nitrogen and oxygen atoms in total. The summed E-state index contributed by atoms with van der Waals surface area (Å²) in [6.45, 7) is 3.68. The molecule has 0 N–H and O–H groups in total. The predicted octanol–water partition coefficient (Wildman–Crippen LogP) is 1.70. The first kappa shape index (κ1) is 20.3. The summed E-state index contributed by atoms with van der Waals surface area (Å²) in [5, 5.41) is 0.738. The number of rotatable bonds is 5. The molecule has 28 heavy (non-hydrogen) atoms. The fourth-order valence-corrected chi connectivity index (χ4v) is 4.35. The van der Waals surface area contributed by atoms with E-state index >= 15 is 0 Å². The van der Waals surface area contributed by atoms with E-state index in [-0.39, 0.29) is 6.61 Å². The van der Waals surface area contributed by atoms with Gasteiger partial charge in [0.25, 0.3) is 0 Å². The molecule has 1 aromatic rings. The van der Waals surface area contributed by atoms with Gasteiger partial charge >= 0.3 is 17.9 Å². The highest BCUT2D eigenvalue weighted by Gasteiger charge is 2.53. The number of fused-ring (bicyclic) bond motifs is 1. The molecule has 1 saturated heterocycles. The molecule has 1 fully saturated rings. The Labute approximate surface area is 166 Å². The second kappa shape index (κ2) is 8.74. The number of nitrogens with zero attached hydrogens (tertiary/aromatic N) is 1. The molecule has 0 aliphatic carbocycles. The minimum absolute atomic E-state index is 0.129. The molecule has 2 aliphatic rings. The van der Waals surface area contributed by atoms with Gasteiger partial charge < -0.3 is 18.9 Å². The summed E-state index contributed by atoms with van der Waals surface area (Å²) < 4.78 is 22.0. The van der Waals surface area contributed by atoms with Gasteiger partial charge in [0.15, 0.2) is 12.2 Å². The van der Waals surface area contributed by atoms with Gasteiger partial charge in [-0.1, -0.05) is 42.1 Å². The van der Waals surface area contributed by atoms with Gasteiger partial charge in [-0.25, -0.2) is 0 Å². The van der Waals surface area contributed by atoms with Gasteiger partial charge in [-0.2, -0.15) is 0 Å². The van der Waals surface area contributed by atoms with Crippen LogP contribution in [0.25, 0.3) is 0 Å². The van der Waals surface area contributed by atoms with Crippen LogP contribution in [0.4, 0.5) is 0 Å². The third kappa shape index (κ3) is 4.71. The van der Waals surface area contributed by atoms with Crippen molar-refractivity contribution >= 4 is 34.7 Å². The van der Waals surface area contributed by atoms with Crippen LogP contribution in [0, 0.1) is 0 Å². The maximum absolute atomic E-state index is 11.7. The molecule has 0 aromatic heterocycles. The number of benzene rings is 1. The van der Waals surface area contributed by atoms with E-state index in [0.29, 0.717) is 0 Å². The smallest absolute Gasteiger partial charge is 0.303 e. The van der Waals surface area contributed by atoms with Crippen molar-refractivity contribution in [2.75, 3.05) is 6.61 Å². The first-order valence-corrected chi connectivity index (χ1v) is 9.66. The molecule has 9 heteroatoms. The Morgan fingerprint density at radius 3 is 2.25 bits per heavy atom. The van der Waals surface area contributed by atoms with Gasteiger partial charge in [0.05, 0.1) is 0 Å². The second-order valence-corrected chi connectivity index (χ2v) is 7.49. The Kier molecular flexibility index (Phi) is 6.35. The summed E-state index contributed by atoms with van der Waals surface area (Å²) in [4.78, 5) is 39.3. The van der Waals surface area contributed by atoms with Gasteiger partial charge in [0.1, 0.15) is 29.2 Å². The van der Waals surface area contributed by atoms with E-state index in [2.05, 4.69) is 4.99 Å². The van der Waals surface area contributed by atoms with Gasteiger partial charge in [0, 0.05) is 26.3 Å². The maximum atomic E-state index is 11.7. The average Bonchev–Trinajstić information content (AvgIpc) is 3.06. The van der Waals surface area contributed by atoms with Gasteiger partial charge in [0.2, 0.25) is 0 Å². The number of carbonyl (C=O) groups excluding carboxylic acids is 3. The van der Waals surface area contributed by atoms with E-state index in [1.54, 1.807) is 0 Å². The van der Waals surface area contributed by atoms with E-state index in [4.69, 9.17) is 18.9 Å². The molecule has 1 aromatic carbocycles. The number of carbonyl (C=O) groups is 3. The fraction of sp³-hybridized carbons (Fsp3) is 0.474. The highest BCUT2D eigenvalue weighted by Crippen LogP contribution is 2.40. The van der Waals surface area contributed by atoms with Crippen molar-refractivity contribution in [1.82, 2.24) is 0 Å². The lowest BCUT2D eigenvalue weighted by Crippen LogP contribution is -2.59. The predicted molar refractivity (Wildman–Crippen MR) is 101 cm³/mol. The monoisotopic (exact) mass is 407 g/mol. The molecular weight excluding hydrogens is 386 g/mol. The van der Waals surface area contributed by atoms with Crippen molar-refractivity contribution in [1.29, 1.82) is 0 Å². The van der Waals surface area contributed by atoms with Crippen LogP contribution in [-0.2, 0) is 33.3 Å². The van der Waals surface area contributed by atoms with Crippen LogP contribution in [0.3, 0.4) is 0 Å². The third-order valence-corrected chi connectivity index (χ3v) is 5.37. The lowest BCUT2D eigenvalue weighted by atomic mass is 9.97. The van der Waals surface area contributed by atoms with Crippen LogP contribution in [0.2, 0.25) is 0 Å². The number of hydrogen-bond donors (Lipinski definition) is 0. The summed E-state index contributed by atoms with van der Waals surface area (Å²) in [5.41, 5.74) is 0.444. The molecule has 2 heterocycles. The lowest BCUT2D eigenvalue weighted by Gasteiger charge is -2.41. The van der Waals surface area contributed by atoms with Gasteiger partial charge in [-0.3, -0.25) is 19.4 Å². The first-order chi connectivity index (χ1) is 13.3. The second-order valence-electron chi connectivity index (χ2n) is 6.40. The number of ether oxygens (including phenoxy) is 4. The highest BCUT2D eigenvalue weighted by molar-refractivity contribution is 8.15. The molecule has 0 amide bonds. The van der Waals surface area contributed by atoms with Crippen molar-refractivity contribution in [2.45, 2.75) is 50.6 Å². The average molecular weight is 407 g/mol. The van der Waals surface area contributed by atoms with Crippen molar-refractivity contribution < 1.29 is 33.3 Å². The van der Waals surface area contributed by atoms with Crippen LogP contribution in [0.5, 0.6) is 0 Å². The van der Waals surface area contributed by atoms with Crippen LogP contribution >= 0.6 is 11.8 Å². The molecule has 0 unspecified atom stereocenters. The molecular formula is C19H21NO7S. The minimum atomic E-state index is -0.943. The van der Waals surface area contributed by atoms with E-state index in [1.807, 2.05) is 30.3 Å². The number of aliphatic imine (C=N–C) groups is 1. The molecule has 2 aliphatic heterocycles. The largest absolute Gasteiger partial charge is 0.463 e. The number of esters is 3. The maximum Gasteiger partial charge on any atom is 0.303 e. The lowest BCUT2D eigenvalue weighted by molar-refractivity contribution is -0.208. The quantitative estimate of drug-likeness (QED) is 0.537. The van der Waals surface area contributed by atoms with E-state index in [1.165, 1.54) is 32.5 Å². The molecule has 5 atom stereocenters. The molecule has 0 saturated carbocycles. The summed E-state index contributed by atoms with van der Waals surface area (Å²) in [6.07, 6.45) is -2.58. The number of thioether (sulfide) groups is 1. The minimum Gasteiger partial charge on any atom is -0.463 e. The van der Waals surface area contributed by atoms with Crippen molar-refractivity contribution in [2.24, 2.45) is 4.99 Å². The van der Waals surface area contributed by atoms with Gasteiger partial charge in [-0.15, -0.1) is 0 Å². The van der Waals surface area contributed by atoms with E-state index in [0.717, 1.165) is 10.6 Å². The van der Waals surface area contributed by atoms with Crippen molar-refractivity contribution in [3.05, 3.63) is 35.9 Å². The van der Waals surface area contributed by atoms with Crippen molar-refractivity contribution in [3.63, 3.8) is 0 Å². The summed E-state index contributed by atoms with van der Waals surface area (Å²) in [5.74, 6) is -1.58. The van der Waals surface area contributed by atoms with Crippen LogP contribution in [0.15, 0.2) is 35.3 Å². The van der Waals surface area contributed by atoms with Crippen LogP contribution in [0.1, 0.15) is 26.3 Å². The molecule has 0 radical (unpaired) electrons. The zero-order valence-electron chi connectivity index (χ0n) is 15.7. The number of hydrogen-bond acceptors (Lipinski definition) is 9. The first-order valence-electron chi connectivity index (χ1n) is 8.78. The zero-order chi connectivity index (χ0) is 20.3. The third-order valence-electron chi connectivity index (χ3n) is 4.18. The normalized spacial score (nSPS) is 28.7. The van der Waals surface area contributed by atoms with E-state index < -0.39 is 47.7 Å². The van der Waals surface area contributed by atoms with Gasteiger partial charge in [-0.05, 0) is 0 Å². The van der Waals surface area contributed by atoms with E-state index in [9.17, 15) is 14.4 Å². The van der Waals surface area contributed by atoms with Crippen LogP contribution < -0.4 is 0 Å². The highest BCUT2D eigenvalue weighted by atomic mass is 32.2. The standard InChI is InChI=1S/C19H21NO7S/c1-10(21)24-9-14-16(25-11(2)22)17(26-12(3)23)15-19(27-14)28-18(20-15)13-7-5-4-6-8-13/h4-8,14-17,19H,9H2,1-3H3/t14-,15-,16-,17-,19-/m1/s1. The Morgan fingerprint density at radius 2 is 1.64 bits per heavy atom. The van der Waals surface area contributed by atoms with Crippen molar-refractivity contribution in [3.8, 4) is 0 Å². The summed E-state index contributed by atoms with van der Waals surface area (Å²) in [6, 6.07) is 8.99. The van der Waals surface area contributed by atoms with Crippen LogP contribution in [-0.4, -0.2) is 59.3 Å².